The molecule has 0 atom stereocenters. The summed E-state index contributed by atoms with van der Waals surface area (Å²) in [4.78, 5) is 0. The van der Waals surface area contributed by atoms with E-state index in [1.54, 1.807) is 0 Å². The van der Waals surface area contributed by atoms with Gasteiger partial charge in [-0.25, -0.2) is 0 Å². The van der Waals surface area contributed by atoms with Crippen LogP contribution in [0.5, 0.6) is 0 Å². The summed E-state index contributed by atoms with van der Waals surface area (Å²) in [5.74, 6) is 0. The van der Waals surface area contributed by atoms with Gasteiger partial charge in [0.05, 0.1) is 0 Å². The Labute approximate surface area is 54.7 Å². The zero-order valence-corrected chi connectivity index (χ0v) is 5.19. The van der Waals surface area contributed by atoms with E-state index in [9.17, 15) is 17.9 Å². The molecule has 0 aromatic carbocycles. The van der Waals surface area contributed by atoms with Crippen LogP contribution >= 0.6 is 0 Å². The third kappa shape index (κ3) is 1.55. The van der Waals surface area contributed by atoms with Crippen molar-refractivity contribution in [2.45, 2.75) is 12.6 Å². The summed E-state index contributed by atoms with van der Waals surface area (Å²) in [5.41, 5.74) is 1.99. The van der Waals surface area contributed by atoms with Gasteiger partial charge in [-0.2, -0.15) is 0 Å². The molecule has 7 heteroatoms. The molecule has 0 aromatic heterocycles. The Balaban J connectivity index is 4.23. The summed E-state index contributed by atoms with van der Waals surface area (Å²) in [6.45, 7) is -0.236. The van der Waals surface area contributed by atoms with Gasteiger partial charge in [-0.15, -0.1) is 0 Å². The first-order valence-electron chi connectivity index (χ1n) is 2.39. The van der Waals surface area contributed by atoms with Crippen LogP contribution in [0.2, 0.25) is 0 Å². The predicted octanol–water partition coefficient (Wildman–Crippen LogP) is 0.803. The Bertz CT molecular complexity index is 97.9. The molecule has 0 spiro atoms. The van der Waals surface area contributed by atoms with E-state index >= 15 is 0 Å². The Hall–Kier alpha value is -0.400. The zero-order chi connectivity index (χ0) is 8.36. The van der Waals surface area contributed by atoms with Crippen LogP contribution in [-0.2, 0) is 0 Å². The third-order valence-corrected chi connectivity index (χ3v) is 1.11. The van der Waals surface area contributed by atoms with Crippen molar-refractivity contribution in [2.75, 3.05) is 6.54 Å². The minimum Gasteiger partial charge on any atom is -0.327 e. The maximum Gasteiger partial charge on any atom is 0.205 e. The lowest BCUT2D eigenvalue weighted by Gasteiger charge is -2.26. The van der Waals surface area contributed by atoms with Crippen molar-refractivity contribution in [3.8, 4) is 0 Å². The van der Waals surface area contributed by atoms with Gasteiger partial charge >= 0.3 is 0 Å². The van der Waals surface area contributed by atoms with Crippen LogP contribution in [0.25, 0.3) is 0 Å². The highest BCUT2D eigenvalue weighted by Gasteiger charge is 2.41. The van der Waals surface area contributed by atoms with E-state index < -0.39 is 22.9 Å². The lowest BCUT2D eigenvalue weighted by atomic mass is 10.2. The molecule has 0 radical (unpaired) electrons. The second-order valence-electron chi connectivity index (χ2n) is 1.89. The highest BCUT2D eigenvalue weighted by molar-refractivity contribution is 4.71. The van der Waals surface area contributed by atoms with E-state index in [-0.39, 0.29) is 0 Å². The number of hydrogen-bond acceptors (Lipinski definition) is 3. The number of halogens is 4. The molecule has 0 aliphatic rings. The maximum absolute atomic E-state index is 11.6. The highest BCUT2D eigenvalue weighted by atomic mass is 19.4. The Kier molecular flexibility index (Phi) is 3.00. The predicted molar refractivity (Wildman–Crippen MR) is 25.6 cm³/mol. The minimum atomic E-state index is -2.68. The summed E-state index contributed by atoms with van der Waals surface area (Å²) in [6.07, 6.45) is 0. The highest BCUT2D eigenvalue weighted by Crippen LogP contribution is 2.20. The summed E-state index contributed by atoms with van der Waals surface area (Å²) in [6, 6.07) is 0. The molecule has 0 aliphatic carbocycles. The second-order valence-corrected chi connectivity index (χ2v) is 1.89. The molecule has 62 valence electrons. The molecule has 0 aliphatic heterocycles. The SMILES string of the molecule is CC(CN)(N(F)F)N(F)F. The van der Waals surface area contributed by atoms with Gasteiger partial charge in [0.1, 0.15) is 0 Å². The first-order chi connectivity index (χ1) is 4.45. The Morgan fingerprint density at radius 2 is 1.50 bits per heavy atom. The molecule has 0 bridgehead atoms. The van der Waals surface area contributed by atoms with Crippen molar-refractivity contribution < 1.29 is 17.9 Å². The summed E-state index contributed by atoms with van der Waals surface area (Å²) in [7, 11) is 0. The van der Waals surface area contributed by atoms with Crippen molar-refractivity contribution >= 4 is 0 Å². The van der Waals surface area contributed by atoms with Crippen molar-refractivity contribution in [1.82, 2.24) is 10.7 Å². The molecule has 0 saturated carbocycles. The average molecular weight is 161 g/mol. The fourth-order valence-electron chi connectivity index (χ4n) is 0.195. The molecule has 10 heavy (non-hydrogen) atoms. The van der Waals surface area contributed by atoms with Gasteiger partial charge in [-0.05, 0) is 6.92 Å². The van der Waals surface area contributed by atoms with Gasteiger partial charge in [0.25, 0.3) is 0 Å². The quantitative estimate of drug-likeness (QED) is 0.377. The third-order valence-electron chi connectivity index (χ3n) is 1.11. The monoisotopic (exact) mass is 161 g/mol. The molecule has 0 rings (SSSR count). The lowest BCUT2D eigenvalue weighted by Crippen LogP contribution is -2.51. The molecule has 0 saturated heterocycles. The van der Waals surface area contributed by atoms with Crippen LogP contribution in [0.4, 0.5) is 17.9 Å². The number of nitrogens with two attached hydrogens (primary N) is 1. The van der Waals surface area contributed by atoms with Gasteiger partial charge in [0, 0.05) is 17.2 Å². The molecule has 0 fully saturated rings. The standard InChI is InChI=1S/C3H7F4N3/c1-3(2-8,9(4)5)10(6)7/h2,8H2,1H3. The summed E-state index contributed by atoms with van der Waals surface area (Å²) < 4.78 is 46.3. The van der Waals surface area contributed by atoms with Crippen LogP contribution in [0.1, 0.15) is 6.92 Å². The molecule has 0 aromatic rings. The Morgan fingerprint density at radius 1 is 1.20 bits per heavy atom. The average Bonchev–Trinajstić information content (AvgIpc) is 1.85. The summed E-state index contributed by atoms with van der Waals surface area (Å²) in [5, 5.41) is -3.26. The topological polar surface area (TPSA) is 32.5 Å². The van der Waals surface area contributed by atoms with Gasteiger partial charge < -0.3 is 5.73 Å². The number of hydrogen-bond donors (Lipinski definition) is 1. The maximum atomic E-state index is 11.6. The van der Waals surface area contributed by atoms with E-state index in [0.29, 0.717) is 6.92 Å². The van der Waals surface area contributed by atoms with E-state index in [1.807, 2.05) is 0 Å². The summed E-state index contributed by atoms with van der Waals surface area (Å²) >= 11 is 0. The van der Waals surface area contributed by atoms with Gasteiger partial charge in [-0.3, -0.25) is 0 Å². The van der Waals surface area contributed by atoms with Crippen molar-refractivity contribution in [3.63, 3.8) is 0 Å². The molecule has 3 nitrogen and oxygen atoms in total. The fraction of sp³-hybridized carbons (Fsp3) is 1.00. The number of rotatable bonds is 3. The molecular weight excluding hydrogens is 154 g/mol. The smallest absolute Gasteiger partial charge is 0.205 e. The van der Waals surface area contributed by atoms with E-state index in [0.717, 1.165) is 0 Å². The fourth-order valence-corrected chi connectivity index (χ4v) is 0.195. The van der Waals surface area contributed by atoms with Crippen molar-refractivity contribution in [1.29, 1.82) is 0 Å². The van der Waals surface area contributed by atoms with Crippen LogP contribution < -0.4 is 5.73 Å². The van der Waals surface area contributed by atoms with Crippen LogP contribution in [0.15, 0.2) is 0 Å². The van der Waals surface area contributed by atoms with Crippen LogP contribution in [0, 0.1) is 0 Å². The van der Waals surface area contributed by atoms with Gasteiger partial charge in [0.2, 0.25) is 5.66 Å². The second kappa shape index (κ2) is 3.13. The number of nitrogens with zero attached hydrogens (tertiary/aromatic N) is 2. The molecular formula is C3H7F4N3. The molecule has 2 N–H and O–H groups in total. The van der Waals surface area contributed by atoms with Gasteiger partial charge in [-0.1, -0.05) is 17.9 Å². The molecule has 0 unspecified atom stereocenters. The van der Waals surface area contributed by atoms with E-state index in [4.69, 9.17) is 0 Å². The van der Waals surface area contributed by atoms with Crippen molar-refractivity contribution in [2.24, 2.45) is 5.73 Å². The van der Waals surface area contributed by atoms with Crippen LogP contribution in [0.3, 0.4) is 0 Å². The normalized spacial score (nSPS) is 13.2. The van der Waals surface area contributed by atoms with E-state index in [1.165, 1.54) is 0 Å². The first-order valence-corrected chi connectivity index (χ1v) is 2.39. The van der Waals surface area contributed by atoms with Gasteiger partial charge in [0.15, 0.2) is 0 Å². The molecule has 0 amide bonds. The minimum absolute atomic E-state index is 0.618. The first kappa shape index (κ1) is 9.60. The van der Waals surface area contributed by atoms with Crippen LogP contribution in [-0.4, -0.2) is 22.9 Å². The lowest BCUT2D eigenvalue weighted by molar-refractivity contribution is -0.361. The zero-order valence-electron chi connectivity index (χ0n) is 5.19. The largest absolute Gasteiger partial charge is 0.327 e. The Morgan fingerprint density at radius 3 is 1.50 bits per heavy atom. The molecule has 0 heterocycles. The van der Waals surface area contributed by atoms with Crippen molar-refractivity contribution in [3.05, 3.63) is 0 Å². The van der Waals surface area contributed by atoms with E-state index in [2.05, 4.69) is 5.73 Å².